The van der Waals surface area contributed by atoms with Gasteiger partial charge in [0.05, 0.1) is 26.4 Å². The average molecular weight is 329 g/mol. The number of benzene rings is 2. The molecule has 1 heterocycles. The second-order valence-corrected chi connectivity index (χ2v) is 5.08. The van der Waals surface area contributed by atoms with E-state index in [1.165, 1.54) is 20.3 Å². The fourth-order valence-corrected chi connectivity index (χ4v) is 2.49. The van der Waals surface area contributed by atoms with Crippen LogP contribution in [0.15, 0.2) is 47.0 Å². The van der Waals surface area contributed by atoms with Crippen molar-refractivity contribution in [3.8, 4) is 34.1 Å². The van der Waals surface area contributed by atoms with Gasteiger partial charge in [0.25, 0.3) is 0 Å². The van der Waals surface area contributed by atoms with Crippen LogP contribution in [-0.4, -0.2) is 24.5 Å². The zero-order chi connectivity index (χ0) is 17.1. The number of aliphatic hydroxyl groups is 1. The Morgan fingerprint density at radius 2 is 1.75 bits per heavy atom. The molecule has 0 amide bonds. The molecule has 3 aromatic rings. The average Bonchev–Trinajstić information content (AvgIpc) is 3.05. The Morgan fingerprint density at radius 1 is 1.08 bits per heavy atom. The number of nitrogens with zero attached hydrogens (tertiary/aromatic N) is 1. The number of aliphatic hydroxyl groups excluding tert-OH is 1. The van der Waals surface area contributed by atoms with Gasteiger partial charge < -0.3 is 19.1 Å². The minimum atomic E-state index is -0.435. The van der Waals surface area contributed by atoms with Crippen molar-refractivity contribution in [3.63, 3.8) is 0 Å². The van der Waals surface area contributed by atoms with Crippen molar-refractivity contribution in [1.29, 1.82) is 0 Å². The molecule has 2 aromatic carbocycles. The predicted octanol–water partition coefficient (Wildman–Crippen LogP) is 3.66. The summed E-state index contributed by atoms with van der Waals surface area (Å²) in [6.45, 7) is -0.345. The number of hydrogen-bond acceptors (Lipinski definition) is 5. The molecule has 0 aliphatic rings. The molecule has 0 atom stereocenters. The van der Waals surface area contributed by atoms with Crippen molar-refractivity contribution < 1.29 is 23.5 Å². The standard InChI is InChI=1S/C18H16FNO4/c1-22-12-7-11(8-13(9-12)23-2)18-15(10-21)17(20-24-18)14-5-3-4-6-16(14)19/h3-9,21H,10H2,1-2H3. The first-order valence-corrected chi connectivity index (χ1v) is 7.25. The van der Waals surface area contributed by atoms with E-state index < -0.39 is 5.82 Å². The monoisotopic (exact) mass is 329 g/mol. The van der Waals surface area contributed by atoms with Crippen LogP contribution >= 0.6 is 0 Å². The van der Waals surface area contributed by atoms with E-state index in [2.05, 4.69) is 5.16 Å². The summed E-state index contributed by atoms with van der Waals surface area (Å²) in [5, 5.41) is 13.7. The Bertz CT molecular complexity index is 838. The predicted molar refractivity (Wildman–Crippen MR) is 86.4 cm³/mol. The summed E-state index contributed by atoms with van der Waals surface area (Å²) in [5.74, 6) is 1.04. The van der Waals surface area contributed by atoms with Crippen LogP contribution in [0.5, 0.6) is 11.5 Å². The van der Waals surface area contributed by atoms with Crippen LogP contribution in [0.3, 0.4) is 0 Å². The van der Waals surface area contributed by atoms with Crippen molar-refractivity contribution in [2.45, 2.75) is 6.61 Å². The Balaban J connectivity index is 2.16. The van der Waals surface area contributed by atoms with Crippen LogP contribution in [0.25, 0.3) is 22.6 Å². The third kappa shape index (κ3) is 2.83. The number of rotatable bonds is 5. The topological polar surface area (TPSA) is 64.7 Å². The van der Waals surface area contributed by atoms with Gasteiger partial charge in [-0.2, -0.15) is 0 Å². The second kappa shape index (κ2) is 6.72. The van der Waals surface area contributed by atoms with Gasteiger partial charge in [-0.05, 0) is 24.3 Å². The molecule has 6 heteroatoms. The number of halogens is 1. The van der Waals surface area contributed by atoms with E-state index in [0.717, 1.165) is 0 Å². The summed E-state index contributed by atoms with van der Waals surface area (Å²) in [4.78, 5) is 0. The molecule has 0 bridgehead atoms. The van der Waals surface area contributed by atoms with Gasteiger partial charge in [0, 0.05) is 17.2 Å². The van der Waals surface area contributed by atoms with Crippen LogP contribution in [0.4, 0.5) is 4.39 Å². The zero-order valence-corrected chi connectivity index (χ0v) is 13.2. The Hall–Kier alpha value is -2.86. The summed E-state index contributed by atoms with van der Waals surface area (Å²) >= 11 is 0. The molecule has 1 N–H and O–H groups in total. The molecule has 0 aliphatic carbocycles. The molecule has 0 radical (unpaired) electrons. The minimum absolute atomic E-state index is 0.270. The van der Waals surface area contributed by atoms with Crippen LogP contribution in [-0.2, 0) is 6.61 Å². The quantitative estimate of drug-likeness (QED) is 0.774. The molecule has 0 saturated carbocycles. The smallest absolute Gasteiger partial charge is 0.173 e. The molecule has 0 unspecified atom stereocenters. The first-order valence-electron chi connectivity index (χ1n) is 7.25. The second-order valence-electron chi connectivity index (χ2n) is 5.08. The molecule has 24 heavy (non-hydrogen) atoms. The van der Waals surface area contributed by atoms with Crippen molar-refractivity contribution in [2.75, 3.05) is 14.2 Å². The van der Waals surface area contributed by atoms with Crippen molar-refractivity contribution in [1.82, 2.24) is 5.16 Å². The van der Waals surface area contributed by atoms with E-state index >= 15 is 0 Å². The minimum Gasteiger partial charge on any atom is -0.497 e. The zero-order valence-electron chi connectivity index (χ0n) is 13.2. The van der Waals surface area contributed by atoms with Gasteiger partial charge in [-0.15, -0.1) is 0 Å². The molecule has 0 saturated heterocycles. The Morgan fingerprint density at radius 3 is 2.33 bits per heavy atom. The number of aromatic nitrogens is 1. The molecular formula is C18H16FNO4. The van der Waals surface area contributed by atoms with Crippen molar-refractivity contribution >= 4 is 0 Å². The lowest BCUT2D eigenvalue weighted by molar-refractivity contribution is 0.281. The van der Waals surface area contributed by atoms with Gasteiger partial charge in [-0.3, -0.25) is 0 Å². The van der Waals surface area contributed by atoms with Gasteiger partial charge >= 0.3 is 0 Å². The normalized spacial score (nSPS) is 10.7. The first-order chi connectivity index (χ1) is 11.7. The lowest BCUT2D eigenvalue weighted by Gasteiger charge is -2.07. The molecule has 124 valence electrons. The SMILES string of the molecule is COc1cc(OC)cc(-c2onc(-c3ccccc3F)c2CO)c1. The highest BCUT2D eigenvalue weighted by molar-refractivity contribution is 5.74. The maximum absolute atomic E-state index is 14.0. The highest BCUT2D eigenvalue weighted by atomic mass is 19.1. The molecular weight excluding hydrogens is 313 g/mol. The number of hydrogen-bond donors (Lipinski definition) is 1. The first kappa shape index (κ1) is 16.0. The maximum atomic E-state index is 14.0. The van der Waals surface area contributed by atoms with Gasteiger partial charge in [-0.1, -0.05) is 17.3 Å². The highest BCUT2D eigenvalue weighted by Gasteiger charge is 2.21. The molecule has 5 nitrogen and oxygen atoms in total. The van der Waals surface area contributed by atoms with Gasteiger partial charge in [0.2, 0.25) is 0 Å². The summed E-state index contributed by atoms with van der Waals surface area (Å²) in [6, 6.07) is 11.4. The largest absolute Gasteiger partial charge is 0.497 e. The van der Waals surface area contributed by atoms with E-state index in [1.807, 2.05) is 0 Å². The highest BCUT2D eigenvalue weighted by Crippen LogP contribution is 2.36. The van der Waals surface area contributed by atoms with Crippen LogP contribution in [0.1, 0.15) is 5.56 Å². The third-order valence-electron chi connectivity index (χ3n) is 3.69. The lowest BCUT2D eigenvalue weighted by atomic mass is 10.0. The van der Waals surface area contributed by atoms with Crippen LogP contribution < -0.4 is 9.47 Å². The molecule has 0 fully saturated rings. The van der Waals surface area contributed by atoms with E-state index in [0.29, 0.717) is 28.4 Å². The Kier molecular flexibility index (Phi) is 4.48. The summed E-state index contributed by atoms with van der Waals surface area (Å²) in [7, 11) is 3.08. The number of methoxy groups -OCH3 is 2. The van der Waals surface area contributed by atoms with Gasteiger partial charge in [0.1, 0.15) is 23.0 Å². The Labute approximate surface area is 138 Å². The van der Waals surface area contributed by atoms with E-state index in [-0.39, 0.29) is 17.9 Å². The van der Waals surface area contributed by atoms with Crippen molar-refractivity contribution in [3.05, 3.63) is 53.8 Å². The van der Waals surface area contributed by atoms with Crippen LogP contribution in [0.2, 0.25) is 0 Å². The molecule has 1 aromatic heterocycles. The summed E-state index contributed by atoms with van der Waals surface area (Å²) < 4.78 is 29.9. The van der Waals surface area contributed by atoms with E-state index in [1.54, 1.807) is 36.4 Å². The fourth-order valence-electron chi connectivity index (χ4n) is 2.49. The summed E-state index contributed by atoms with van der Waals surface area (Å²) in [6.07, 6.45) is 0. The maximum Gasteiger partial charge on any atom is 0.173 e. The third-order valence-corrected chi connectivity index (χ3v) is 3.69. The number of ether oxygens (including phenoxy) is 2. The lowest BCUT2D eigenvalue weighted by Crippen LogP contribution is -1.93. The van der Waals surface area contributed by atoms with Crippen LogP contribution in [0, 0.1) is 5.82 Å². The molecule has 0 aliphatic heterocycles. The molecule has 0 spiro atoms. The fraction of sp³-hybridized carbons (Fsp3) is 0.167. The van der Waals surface area contributed by atoms with E-state index in [4.69, 9.17) is 14.0 Å². The van der Waals surface area contributed by atoms with E-state index in [9.17, 15) is 9.50 Å². The summed E-state index contributed by atoms with van der Waals surface area (Å²) in [5.41, 5.74) is 1.56. The molecule has 3 rings (SSSR count). The van der Waals surface area contributed by atoms with Gasteiger partial charge in [-0.25, -0.2) is 4.39 Å². The van der Waals surface area contributed by atoms with Gasteiger partial charge in [0.15, 0.2) is 5.76 Å². The van der Waals surface area contributed by atoms with Crippen molar-refractivity contribution in [2.24, 2.45) is 0 Å².